The molecule has 2 rings (SSSR count). The Labute approximate surface area is 83.9 Å². The van der Waals surface area contributed by atoms with Gasteiger partial charge in [-0.05, 0) is 23.8 Å². The quantitative estimate of drug-likeness (QED) is 0.700. The summed E-state index contributed by atoms with van der Waals surface area (Å²) >= 11 is 0. The Bertz CT molecular complexity index is 273. The van der Waals surface area contributed by atoms with Crippen molar-refractivity contribution in [3.8, 4) is 0 Å². The van der Waals surface area contributed by atoms with Crippen LogP contribution in [0.5, 0.6) is 0 Å². The molecule has 14 heavy (non-hydrogen) atoms. The predicted octanol–water partition coefficient (Wildman–Crippen LogP) is 2.81. The lowest BCUT2D eigenvalue weighted by molar-refractivity contribution is 0.106. The molecule has 2 atom stereocenters. The van der Waals surface area contributed by atoms with Crippen molar-refractivity contribution < 1.29 is 9.13 Å². The molecule has 0 aliphatic heterocycles. The van der Waals surface area contributed by atoms with Crippen molar-refractivity contribution in [1.29, 1.82) is 0 Å². The molecule has 1 aliphatic rings. The average molecular weight is 194 g/mol. The van der Waals surface area contributed by atoms with Crippen LogP contribution in [0, 0.1) is 11.8 Å². The van der Waals surface area contributed by atoms with Crippen LogP contribution in [0.2, 0.25) is 0 Å². The van der Waals surface area contributed by atoms with E-state index in [1.807, 2.05) is 30.3 Å². The summed E-state index contributed by atoms with van der Waals surface area (Å²) in [7, 11) is 0. The first kappa shape index (κ1) is 9.66. The van der Waals surface area contributed by atoms with Crippen LogP contribution in [0.25, 0.3) is 0 Å². The van der Waals surface area contributed by atoms with Crippen LogP contribution in [-0.4, -0.2) is 13.3 Å². The third kappa shape index (κ3) is 2.55. The van der Waals surface area contributed by atoms with Crippen LogP contribution in [0.15, 0.2) is 30.3 Å². The largest absolute Gasteiger partial charge is 0.376 e. The van der Waals surface area contributed by atoms with E-state index < -0.39 is 0 Å². The summed E-state index contributed by atoms with van der Waals surface area (Å²) in [4.78, 5) is 0. The van der Waals surface area contributed by atoms with Gasteiger partial charge in [-0.1, -0.05) is 30.3 Å². The van der Waals surface area contributed by atoms with Gasteiger partial charge in [-0.3, -0.25) is 4.39 Å². The van der Waals surface area contributed by atoms with Crippen molar-refractivity contribution in [3.63, 3.8) is 0 Å². The van der Waals surface area contributed by atoms with Crippen LogP contribution in [0.3, 0.4) is 0 Å². The maximum absolute atomic E-state index is 12.1. The molecule has 0 saturated heterocycles. The number of ether oxygens (including phenoxy) is 1. The van der Waals surface area contributed by atoms with Crippen LogP contribution in [-0.2, 0) is 11.3 Å². The Balaban J connectivity index is 1.64. The Morgan fingerprint density at radius 3 is 2.64 bits per heavy atom. The summed E-state index contributed by atoms with van der Waals surface area (Å²) in [6, 6.07) is 10.1. The minimum absolute atomic E-state index is 0.181. The predicted molar refractivity (Wildman–Crippen MR) is 53.7 cm³/mol. The normalized spacial score (nSPS) is 24.9. The summed E-state index contributed by atoms with van der Waals surface area (Å²) in [5.74, 6) is 0.759. The van der Waals surface area contributed by atoms with Crippen molar-refractivity contribution in [1.82, 2.24) is 0 Å². The van der Waals surface area contributed by atoms with Crippen molar-refractivity contribution in [2.45, 2.75) is 13.0 Å². The first-order valence-corrected chi connectivity index (χ1v) is 5.08. The SMILES string of the molecule is FC[C@H]1C[C@@H]1COCc1ccccc1. The lowest BCUT2D eigenvalue weighted by atomic mass is 10.2. The van der Waals surface area contributed by atoms with E-state index in [1.165, 1.54) is 5.56 Å². The average Bonchev–Trinajstić information content (AvgIpc) is 2.98. The van der Waals surface area contributed by atoms with Crippen molar-refractivity contribution in [3.05, 3.63) is 35.9 Å². The summed E-state index contributed by atoms with van der Waals surface area (Å²) in [6.45, 7) is 1.18. The van der Waals surface area contributed by atoms with E-state index >= 15 is 0 Å². The molecule has 0 bridgehead atoms. The van der Waals surface area contributed by atoms with Crippen molar-refractivity contribution in [2.75, 3.05) is 13.3 Å². The fraction of sp³-hybridized carbons (Fsp3) is 0.500. The summed E-state index contributed by atoms with van der Waals surface area (Å²) < 4.78 is 17.6. The molecule has 1 nitrogen and oxygen atoms in total. The molecular weight excluding hydrogens is 179 g/mol. The molecule has 2 heteroatoms. The molecule has 0 amide bonds. The highest BCUT2D eigenvalue weighted by atomic mass is 19.1. The summed E-state index contributed by atoms with van der Waals surface area (Å²) in [5.41, 5.74) is 1.19. The van der Waals surface area contributed by atoms with Gasteiger partial charge in [-0.25, -0.2) is 0 Å². The molecule has 1 aromatic carbocycles. The van der Waals surface area contributed by atoms with Crippen LogP contribution < -0.4 is 0 Å². The van der Waals surface area contributed by atoms with E-state index in [0.29, 0.717) is 19.1 Å². The zero-order valence-corrected chi connectivity index (χ0v) is 8.16. The third-order valence-corrected chi connectivity index (χ3v) is 2.71. The zero-order valence-electron chi connectivity index (χ0n) is 8.16. The van der Waals surface area contributed by atoms with Crippen LogP contribution in [0.4, 0.5) is 4.39 Å². The van der Waals surface area contributed by atoms with Crippen molar-refractivity contribution in [2.24, 2.45) is 11.8 Å². The maximum Gasteiger partial charge on any atom is 0.0926 e. The van der Waals surface area contributed by atoms with Gasteiger partial charge in [0.15, 0.2) is 0 Å². The van der Waals surface area contributed by atoms with E-state index in [1.54, 1.807) is 0 Å². The number of rotatable bonds is 5. The molecule has 0 N–H and O–H groups in total. The second-order valence-electron chi connectivity index (χ2n) is 3.91. The zero-order chi connectivity index (χ0) is 9.80. The molecule has 0 radical (unpaired) electrons. The van der Waals surface area contributed by atoms with E-state index in [0.717, 1.165) is 6.42 Å². The smallest absolute Gasteiger partial charge is 0.0926 e. The minimum Gasteiger partial charge on any atom is -0.376 e. The molecule has 1 aliphatic carbocycles. The molecule has 1 fully saturated rings. The topological polar surface area (TPSA) is 9.23 Å². The number of hydrogen-bond donors (Lipinski definition) is 0. The highest BCUT2D eigenvalue weighted by Crippen LogP contribution is 2.38. The first-order valence-electron chi connectivity index (χ1n) is 5.08. The van der Waals surface area contributed by atoms with Crippen molar-refractivity contribution >= 4 is 0 Å². The molecule has 76 valence electrons. The lowest BCUT2D eigenvalue weighted by Crippen LogP contribution is -1.99. The maximum atomic E-state index is 12.1. The lowest BCUT2D eigenvalue weighted by Gasteiger charge is -2.02. The Hall–Kier alpha value is -0.890. The monoisotopic (exact) mass is 194 g/mol. The number of halogens is 1. The van der Waals surface area contributed by atoms with Gasteiger partial charge in [-0.2, -0.15) is 0 Å². The minimum atomic E-state index is -0.181. The molecule has 1 saturated carbocycles. The van der Waals surface area contributed by atoms with Gasteiger partial charge in [0.25, 0.3) is 0 Å². The molecule has 0 heterocycles. The molecular formula is C12H15FO. The van der Waals surface area contributed by atoms with E-state index in [-0.39, 0.29) is 12.6 Å². The molecule has 0 unspecified atom stereocenters. The highest BCUT2D eigenvalue weighted by molar-refractivity contribution is 5.13. The Morgan fingerprint density at radius 2 is 2.00 bits per heavy atom. The Morgan fingerprint density at radius 1 is 1.21 bits per heavy atom. The first-order chi connectivity index (χ1) is 6.90. The fourth-order valence-corrected chi connectivity index (χ4v) is 1.61. The van der Waals surface area contributed by atoms with Gasteiger partial charge in [0, 0.05) is 0 Å². The second kappa shape index (κ2) is 4.56. The summed E-state index contributed by atoms with van der Waals surface area (Å²) in [5, 5.41) is 0. The van der Waals surface area contributed by atoms with Gasteiger partial charge in [-0.15, -0.1) is 0 Å². The third-order valence-electron chi connectivity index (χ3n) is 2.71. The summed E-state index contributed by atoms with van der Waals surface area (Å²) in [6.07, 6.45) is 1.01. The number of alkyl halides is 1. The van der Waals surface area contributed by atoms with Gasteiger partial charge >= 0.3 is 0 Å². The van der Waals surface area contributed by atoms with Crippen LogP contribution in [0.1, 0.15) is 12.0 Å². The van der Waals surface area contributed by atoms with Gasteiger partial charge in [0.05, 0.1) is 19.9 Å². The molecule has 0 spiro atoms. The molecule has 1 aromatic rings. The molecule has 0 aromatic heterocycles. The number of benzene rings is 1. The van der Waals surface area contributed by atoms with Crippen LogP contribution >= 0.6 is 0 Å². The Kier molecular flexibility index (Phi) is 3.14. The number of hydrogen-bond acceptors (Lipinski definition) is 1. The van der Waals surface area contributed by atoms with Gasteiger partial charge < -0.3 is 4.74 Å². The van der Waals surface area contributed by atoms with E-state index in [9.17, 15) is 4.39 Å². The highest BCUT2D eigenvalue weighted by Gasteiger charge is 2.36. The second-order valence-corrected chi connectivity index (χ2v) is 3.91. The van der Waals surface area contributed by atoms with Gasteiger partial charge in [0.1, 0.15) is 0 Å². The van der Waals surface area contributed by atoms with Gasteiger partial charge in [0.2, 0.25) is 0 Å². The fourth-order valence-electron chi connectivity index (χ4n) is 1.61. The van der Waals surface area contributed by atoms with E-state index in [2.05, 4.69) is 0 Å². The van der Waals surface area contributed by atoms with E-state index in [4.69, 9.17) is 4.74 Å². The standard InChI is InChI=1S/C12H15FO/c13-7-11-6-12(11)9-14-8-10-4-2-1-3-5-10/h1-5,11-12H,6-9H2/t11-,12-/m1/s1.